The van der Waals surface area contributed by atoms with E-state index in [0.29, 0.717) is 18.7 Å². The first-order chi connectivity index (χ1) is 10.4. The number of anilines is 1. The highest BCUT2D eigenvalue weighted by Crippen LogP contribution is 2.20. The fourth-order valence-electron chi connectivity index (χ4n) is 1.81. The summed E-state index contributed by atoms with van der Waals surface area (Å²) in [5, 5.41) is 2.69. The van der Waals surface area contributed by atoms with Crippen molar-refractivity contribution < 1.29 is 22.7 Å². The minimum Gasteiger partial charge on any atom is -0.484 e. The number of carbonyl (C=O) groups is 1. The summed E-state index contributed by atoms with van der Waals surface area (Å²) < 4.78 is 40.6. The predicted molar refractivity (Wildman–Crippen MR) is 78.8 cm³/mol. The summed E-state index contributed by atoms with van der Waals surface area (Å²) in [7, 11) is 0. The molecule has 0 heterocycles. The Labute approximate surface area is 127 Å². The van der Waals surface area contributed by atoms with Crippen molar-refractivity contribution in [2.45, 2.75) is 38.3 Å². The molecule has 0 unspecified atom stereocenters. The zero-order chi connectivity index (χ0) is 16.4. The zero-order valence-electron chi connectivity index (χ0n) is 12.3. The highest BCUT2D eigenvalue weighted by atomic mass is 19.4. The van der Waals surface area contributed by atoms with Crippen molar-refractivity contribution in [1.82, 2.24) is 0 Å². The van der Waals surface area contributed by atoms with E-state index in [4.69, 9.17) is 5.73 Å². The third-order valence-corrected chi connectivity index (χ3v) is 2.90. The molecule has 22 heavy (non-hydrogen) atoms. The van der Waals surface area contributed by atoms with Gasteiger partial charge in [0.25, 0.3) is 0 Å². The van der Waals surface area contributed by atoms with Crippen LogP contribution in [0, 0.1) is 0 Å². The Bertz CT molecular complexity index is 447. The van der Waals surface area contributed by atoms with Gasteiger partial charge in [0.2, 0.25) is 5.91 Å². The third kappa shape index (κ3) is 8.51. The Morgan fingerprint density at radius 1 is 1.09 bits per heavy atom. The molecule has 0 atom stereocenters. The molecule has 0 spiro atoms. The van der Waals surface area contributed by atoms with E-state index < -0.39 is 12.8 Å². The number of nitrogens with two attached hydrogens (primary N) is 1. The number of alkyl halides is 3. The molecule has 1 aromatic carbocycles. The quantitative estimate of drug-likeness (QED) is 0.685. The molecule has 0 aliphatic heterocycles. The lowest BCUT2D eigenvalue weighted by Gasteiger charge is -2.10. The van der Waals surface area contributed by atoms with Crippen LogP contribution in [0.1, 0.15) is 32.1 Å². The number of halogens is 3. The number of amides is 1. The number of rotatable bonds is 9. The first kappa shape index (κ1) is 18.3. The molecule has 3 N–H and O–H groups in total. The number of ether oxygens (including phenoxy) is 1. The van der Waals surface area contributed by atoms with Crippen LogP contribution in [-0.2, 0) is 4.79 Å². The SMILES string of the molecule is NCCCCCCC(=O)Nc1ccc(OCC(F)(F)F)cc1. The lowest BCUT2D eigenvalue weighted by atomic mass is 10.1. The van der Waals surface area contributed by atoms with Gasteiger partial charge in [0, 0.05) is 12.1 Å². The van der Waals surface area contributed by atoms with Gasteiger partial charge in [-0.05, 0) is 43.7 Å². The largest absolute Gasteiger partial charge is 0.484 e. The van der Waals surface area contributed by atoms with Crippen molar-refractivity contribution in [2.24, 2.45) is 5.73 Å². The van der Waals surface area contributed by atoms with E-state index in [1.54, 1.807) is 0 Å². The zero-order valence-corrected chi connectivity index (χ0v) is 12.3. The maximum absolute atomic E-state index is 12.0. The third-order valence-electron chi connectivity index (χ3n) is 2.90. The minimum absolute atomic E-state index is 0.108. The van der Waals surface area contributed by atoms with Crippen molar-refractivity contribution >= 4 is 11.6 Å². The van der Waals surface area contributed by atoms with Crippen LogP contribution in [0.4, 0.5) is 18.9 Å². The molecule has 0 aliphatic carbocycles. The van der Waals surface area contributed by atoms with Crippen LogP contribution in [0.2, 0.25) is 0 Å². The van der Waals surface area contributed by atoms with E-state index in [0.717, 1.165) is 25.7 Å². The Morgan fingerprint density at radius 2 is 1.73 bits per heavy atom. The first-order valence-electron chi connectivity index (χ1n) is 7.20. The van der Waals surface area contributed by atoms with Gasteiger partial charge in [0.1, 0.15) is 5.75 Å². The van der Waals surface area contributed by atoms with Gasteiger partial charge < -0.3 is 15.8 Å². The van der Waals surface area contributed by atoms with E-state index in [9.17, 15) is 18.0 Å². The van der Waals surface area contributed by atoms with Crippen molar-refractivity contribution in [3.8, 4) is 5.75 Å². The van der Waals surface area contributed by atoms with Crippen molar-refractivity contribution in [2.75, 3.05) is 18.5 Å². The molecule has 0 aliphatic rings. The summed E-state index contributed by atoms with van der Waals surface area (Å²) in [4.78, 5) is 11.7. The Balaban J connectivity index is 2.29. The van der Waals surface area contributed by atoms with Crippen LogP contribution in [-0.4, -0.2) is 25.2 Å². The Morgan fingerprint density at radius 3 is 2.32 bits per heavy atom. The van der Waals surface area contributed by atoms with Crippen LogP contribution in [0.3, 0.4) is 0 Å². The van der Waals surface area contributed by atoms with Crippen molar-refractivity contribution in [1.29, 1.82) is 0 Å². The number of nitrogens with one attached hydrogen (secondary N) is 1. The first-order valence-corrected chi connectivity index (χ1v) is 7.20. The molecule has 0 radical (unpaired) electrons. The molecule has 1 rings (SSSR count). The summed E-state index contributed by atoms with van der Waals surface area (Å²) in [6, 6.07) is 5.81. The molecule has 124 valence electrons. The van der Waals surface area contributed by atoms with Crippen molar-refractivity contribution in [3.63, 3.8) is 0 Å². The average molecular weight is 318 g/mol. The van der Waals surface area contributed by atoms with E-state index in [2.05, 4.69) is 10.1 Å². The Kier molecular flexibility index (Phi) is 7.73. The van der Waals surface area contributed by atoms with Crippen LogP contribution in [0.15, 0.2) is 24.3 Å². The fraction of sp³-hybridized carbons (Fsp3) is 0.533. The molecule has 7 heteroatoms. The van der Waals surface area contributed by atoms with E-state index >= 15 is 0 Å². The Hall–Kier alpha value is -1.76. The molecule has 0 saturated carbocycles. The van der Waals surface area contributed by atoms with Crippen LogP contribution in [0.5, 0.6) is 5.75 Å². The maximum Gasteiger partial charge on any atom is 0.422 e. The molecule has 1 amide bonds. The molecule has 0 bridgehead atoms. The number of hydrogen-bond donors (Lipinski definition) is 2. The second-order valence-corrected chi connectivity index (χ2v) is 4.93. The second kappa shape index (κ2) is 9.30. The van der Waals surface area contributed by atoms with Crippen LogP contribution >= 0.6 is 0 Å². The summed E-state index contributed by atoms with van der Waals surface area (Å²) in [5.41, 5.74) is 5.91. The van der Waals surface area contributed by atoms with Gasteiger partial charge in [-0.15, -0.1) is 0 Å². The van der Waals surface area contributed by atoms with Gasteiger partial charge in [-0.1, -0.05) is 12.8 Å². The topological polar surface area (TPSA) is 64.4 Å². The smallest absolute Gasteiger partial charge is 0.422 e. The summed E-state index contributed by atoms with van der Waals surface area (Å²) in [6.07, 6.45) is -0.239. The standard InChI is InChI=1S/C15H21F3N2O2/c16-15(17,18)11-22-13-8-6-12(7-9-13)20-14(21)5-3-1-2-4-10-19/h6-9H,1-5,10-11,19H2,(H,20,21). The molecular weight excluding hydrogens is 297 g/mol. The number of carbonyl (C=O) groups excluding carboxylic acids is 1. The van der Waals surface area contributed by atoms with Gasteiger partial charge in [0.15, 0.2) is 6.61 Å². The highest BCUT2D eigenvalue weighted by Gasteiger charge is 2.28. The highest BCUT2D eigenvalue weighted by molar-refractivity contribution is 5.90. The van der Waals surface area contributed by atoms with E-state index in [-0.39, 0.29) is 11.7 Å². The summed E-state index contributed by atoms with van der Waals surface area (Å²) in [6.45, 7) is -0.670. The normalized spacial score (nSPS) is 11.3. The molecule has 1 aromatic rings. The van der Waals surface area contributed by atoms with Gasteiger partial charge >= 0.3 is 6.18 Å². The van der Waals surface area contributed by atoms with Crippen LogP contribution < -0.4 is 15.8 Å². The number of unbranched alkanes of at least 4 members (excludes halogenated alkanes) is 3. The predicted octanol–water partition coefficient (Wildman–Crippen LogP) is 3.48. The molecule has 0 saturated heterocycles. The van der Waals surface area contributed by atoms with Gasteiger partial charge in [-0.2, -0.15) is 13.2 Å². The average Bonchev–Trinajstić information content (AvgIpc) is 2.45. The molecule has 0 fully saturated rings. The minimum atomic E-state index is -4.36. The van der Waals surface area contributed by atoms with Gasteiger partial charge in [-0.3, -0.25) is 4.79 Å². The summed E-state index contributed by atoms with van der Waals surface area (Å²) in [5.74, 6) is -0.00573. The number of hydrogen-bond acceptors (Lipinski definition) is 3. The van der Waals surface area contributed by atoms with Crippen LogP contribution in [0.25, 0.3) is 0 Å². The molecular formula is C15H21F3N2O2. The lowest BCUT2D eigenvalue weighted by Crippen LogP contribution is -2.19. The lowest BCUT2D eigenvalue weighted by molar-refractivity contribution is -0.153. The van der Waals surface area contributed by atoms with E-state index in [1.165, 1.54) is 24.3 Å². The number of benzene rings is 1. The monoisotopic (exact) mass is 318 g/mol. The molecule has 0 aromatic heterocycles. The fourth-order valence-corrected chi connectivity index (χ4v) is 1.81. The maximum atomic E-state index is 12.0. The summed E-state index contributed by atoms with van der Waals surface area (Å²) >= 11 is 0. The van der Waals surface area contributed by atoms with E-state index in [1.807, 2.05) is 0 Å². The van der Waals surface area contributed by atoms with Gasteiger partial charge in [-0.25, -0.2) is 0 Å². The molecule has 4 nitrogen and oxygen atoms in total. The second-order valence-electron chi connectivity index (χ2n) is 4.93. The van der Waals surface area contributed by atoms with Gasteiger partial charge in [0.05, 0.1) is 0 Å². The van der Waals surface area contributed by atoms with Crippen molar-refractivity contribution in [3.05, 3.63) is 24.3 Å².